The Kier molecular flexibility index (Phi) is 4.37. The molecule has 0 saturated carbocycles. The first-order valence-corrected chi connectivity index (χ1v) is 8.12. The SMILES string of the molecule is N#Cc1ccc(Br)cc1NS(=O)(=O)c1cnc(N)c(Cl)c1. The van der Waals surface area contributed by atoms with Gasteiger partial charge in [-0.2, -0.15) is 5.26 Å². The maximum Gasteiger partial charge on any atom is 0.263 e. The minimum absolute atomic E-state index is 0.0348. The molecule has 0 amide bonds. The van der Waals surface area contributed by atoms with Crippen LogP contribution >= 0.6 is 27.5 Å². The molecule has 0 aliphatic heterocycles. The lowest BCUT2D eigenvalue weighted by Gasteiger charge is -2.10. The minimum Gasteiger partial charge on any atom is -0.382 e. The number of rotatable bonds is 3. The molecule has 2 rings (SSSR count). The first-order chi connectivity index (χ1) is 9.83. The Morgan fingerprint density at radius 1 is 1.38 bits per heavy atom. The van der Waals surface area contributed by atoms with Crippen LogP contribution in [0.1, 0.15) is 5.56 Å². The number of pyridine rings is 1. The van der Waals surface area contributed by atoms with Gasteiger partial charge in [-0.05, 0) is 24.3 Å². The Hall–Kier alpha value is -1.82. The number of sulfonamides is 1. The van der Waals surface area contributed by atoms with Crippen molar-refractivity contribution >= 4 is 49.1 Å². The van der Waals surface area contributed by atoms with Gasteiger partial charge in [-0.1, -0.05) is 27.5 Å². The highest BCUT2D eigenvalue weighted by Gasteiger charge is 2.18. The molecule has 0 aliphatic carbocycles. The summed E-state index contributed by atoms with van der Waals surface area (Å²) in [6.07, 6.45) is 1.09. The van der Waals surface area contributed by atoms with Crippen LogP contribution in [0.4, 0.5) is 11.5 Å². The van der Waals surface area contributed by atoms with Gasteiger partial charge in [0, 0.05) is 10.7 Å². The third-order valence-corrected chi connectivity index (χ3v) is 4.63. The number of nitrogen functional groups attached to an aromatic ring is 1. The summed E-state index contributed by atoms with van der Waals surface area (Å²) < 4.78 is 27.5. The maximum atomic E-state index is 12.3. The van der Waals surface area contributed by atoms with Crippen molar-refractivity contribution in [3.8, 4) is 6.07 Å². The molecular weight excluding hydrogens is 380 g/mol. The van der Waals surface area contributed by atoms with E-state index in [2.05, 4.69) is 25.6 Å². The van der Waals surface area contributed by atoms with E-state index in [0.717, 1.165) is 6.20 Å². The van der Waals surface area contributed by atoms with Crippen molar-refractivity contribution in [1.29, 1.82) is 5.26 Å². The van der Waals surface area contributed by atoms with E-state index in [-0.39, 0.29) is 27.0 Å². The highest BCUT2D eigenvalue weighted by Crippen LogP contribution is 2.25. The van der Waals surface area contributed by atoms with Gasteiger partial charge in [-0.3, -0.25) is 4.72 Å². The van der Waals surface area contributed by atoms with E-state index in [1.807, 2.05) is 6.07 Å². The summed E-state index contributed by atoms with van der Waals surface area (Å²) in [5, 5.41) is 9.04. The molecule has 3 N–H and O–H groups in total. The first-order valence-electron chi connectivity index (χ1n) is 5.47. The Labute approximate surface area is 134 Å². The van der Waals surface area contributed by atoms with E-state index < -0.39 is 10.0 Å². The lowest BCUT2D eigenvalue weighted by atomic mass is 10.2. The highest BCUT2D eigenvalue weighted by molar-refractivity contribution is 9.10. The third-order valence-electron chi connectivity index (χ3n) is 2.50. The van der Waals surface area contributed by atoms with Crippen LogP contribution in [0, 0.1) is 11.3 Å². The summed E-state index contributed by atoms with van der Waals surface area (Å²) >= 11 is 8.98. The van der Waals surface area contributed by atoms with Crippen molar-refractivity contribution in [2.24, 2.45) is 0 Å². The number of nitrogens with one attached hydrogen (secondary N) is 1. The van der Waals surface area contributed by atoms with E-state index in [9.17, 15) is 8.42 Å². The molecule has 1 aromatic carbocycles. The van der Waals surface area contributed by atoms with Gasteiger partial charge in [-0.15, -0.1) is 0 Å². The molecule has 0 bridgehead atoms. The first kappa shape index (κ1) is 15.6. The van der Waals surface area contributed by atoms with Crippen LogP contribution in [0.3, 0.4) is 0 Å². The maximum absolute atomic E-state index is 12.3. The van der Waals surface area contributed by atoms with Gasteiger partial charge in [0.2, 0.25) is 0 Å². The zero-order chi connectivity index (χ0) is 15.6. The fourth-order valence-corrected chi connectivity index (χ4v) is 3.11. The molecule has 1 aromatic heterocycles. The van der Waals surface area contributed by atoms with Gasteiger partial charge < -0.3 is 5.73 Å². The van der Waals surface area contributed by atoms with Gasteiger partial charge in [0.25, 0.3) is 10.0 Å². The van der Waals surface area contributed by atoms with Crippen LogP contribution in [0.15, 0.2) is 39.8 Å². The summed E-state index contributed by atoms with van der Waals surface area (Å²) in [5.41, 5.74) is 5.79. The van der Waals surface area contributed by atoms with E-state index in [4.69, 9.17) is 22.6 Å². The second-order valence-electron chi connectivity index (χ2n) is 3.95. The van der Waals surface area contributed by atoms with Crippen molar-refractivity contribution in [2.45, 2.75) is 4.90 Å². The molecule has 9 heteroatoms. The quantitative estimate of drug-likeness (QED) is 0.841. The molecule has 0 aliphatic rings. The molecule has 2 aromatic rings. The van der Waals surface area contributed by atoms with Gasteiger partial charge in [0.15, 0.2) is 0 Å². The van der Waals surface area contributed by atoms with E-state index in [1.165, 1.54) is 18.2 Å². The zero-order valence-corrected chi connectivity index (χ0v) is 13.5. The summed E-state index contributed by atoms with van der Waals surface area (Å²) in [4.78, 5) is 3.55. The van der Waals surface area contributed by atoms with Gasteiger partial charge >= 0.3 is 0 Å². The Balaban J connectivity index is 2.45. The molecule has 0 fully saturated rings. The number of nitrogens with zero attached hydrogens (tertiary/aromatic N) is 2. The monoisotopic (exact) mass is 386 g/mol. The lowest BCUT2D eigenvalue weighted by Crippen LogP contribution is -2.14. The average molecular weight is 388 g/mol. The molecule has 0 spiro atoms. The molecule has 0 radical (unpaired) electrons. The molecule has 6 nitrogen and oxygen atoms in total. The van der Waals surface area contributed by atoms with Crippen molar-refractivity contribution in [1.82, 2.24) is 4.98 Å². The number of benzene rings is 1. The van der Waals surface area contributed by atoms with Gasteiger partial charge in [0.05, 0.1) is 16.3 Å². The summed E-state index contributed by atoms with van der Waals surface area (Å²) in [7, 11) is -3.93. The van der Waals surface area contributed by atoms with Crippen LogP contribution < -0.4 is 10.5 Å². The smallest absolute Gasteiger partial charge is 0.263 e. The van der Waals surface area contributed by atoms with Crippen LogP contribution in [0.2, 0.25) is 5.02 Å². The predicted molar refractivity (Wildman–Crippen MR) is 83.3 cm³/mol. The predicted octanol–water partition coefficient (Wildman–Crippen LogP) is 2.75. The van der Waals surface area contributed by atoms with Gasteiger partial charge in [-0.25, -0.2) is 13.4 Å². The number of nitriles is 1. The number of anilines is 2. The van der Waals surface area contributed by atoms with E-state index in [1.54, 1.807) is 6.07 Å². The summed E-state index contributed by atoms with van der Waals surface area (Å²) in [5.74, 6) is 0.0378. The molecular formula is C12H8BrClN4O2S. The largest absolute Gasteiger partial charge is 0.382 e. The van der Waals surface area contributed by atoms with Gasteiger partial charge in [0.1, 0.15) is 16.8 Å². The number of nitrogens with two attached hydrogens (primary N) is 1. The van der Waals surface area contributed by atoms with Crippen LogP contribution in [0.25, 0.3) is 0 Å². The van der Waals surface area contributed by atoms with Crippen molar-refractivity contribution in [2.75, 3.05) is 10.5 Å². The molecule has 0 unspecified atom stereocenters. The molecule has 108 valence electrons. The van der Waals surface area contributed by atoms with Crippen LogP contribution in [-0.4, -0.2) is 13.4 Å². The fraction of sp³-hybridized carbons (Fsp3) is 0. The number of aromatic nitrogens is 1. The van der Waals surface area contributed by atoms with Crippen molar-refractivity contribution < 1.29 is 8.42 Å². The normalized spacial score (nSPS) is 10.9. The Morgan fingerprint density at radius 2 is 2.10 bits per heavy atom. The average Bonchev–Trinajstić information content (AvgIpc) is 2.41. The summed E-state index contributed by atoms with van der Waals surface area (Å²) in [6, 6.07) is 7.72. The third kappa shape index (κ3) is 3.44. The Morgan fingerprint density at radius 3 is 2.71 bits per heavy atom. The Bertz CT molecular complexity index is 849. The minimum atomic E-state index is -3.93. The van der Waals surface area contributed by atoms with Crippen molar-refractivity contribution in [3.63, 3.8) is 0 Å². The molecule has 0 saturated heterocycles. The van der Waals surface area contributed by atoms with E-state index in [0.29, 0.717) is 4.47 Å². The summed E-state index contributed by atoms with van der Waals surface area (Å²) in [6.45, 7) is 0. The number of hydrogen-bond acceptors (Lipinski definition) is 5. The molecule has 1 heterocycles. The standard InChI is InChI=1S/C12H8BrClN4O2S/c13-8-2-1-7(5-15)11(3-8)18-21(19,20)9-4-10(14)12(16)17-6-9/h1-4,6,18H,(H2,16,17). The number of halogens is 2. The lowest BCUT2D eigenvalue weighted by molar-refractivity contribution is 0.601. The highest BCUT2D eigenvalue weighted by atomic mass is 79.9. The van der Waals surface area contributed by atoms with Crippen LogP contribution in [0.5, 0.6) is 0 Å². The molecule has 21 heavy (non-hydrogen) atoms. The fourth-order valence-electron chi connectivity index (χ4n) is 1.48. The number of hydrogen-bond donors (Lipinski definition) is 2. The van der Waals surface area contributed by atoms with Crippen molar-refractivity contribution in [3.05, 3.63) is 45.5 Å². The van der Waals surface area contributed by atoms with E-state index >= 15 is 0 Å². The second kappa shape index (κ2) is 5.89. The van der Waals surface area contributed by atoms with Crippen LogP contribution in [-0.2, 0) is 10.0 Å². The second-order valence-corrected chi connectivity index (χ2v) is 6.95. The topological polar surface area (TPSA) is 109 Å². The molecule has 0 atom stereocenters. The zero-order valence-electron chi connectivity index (χ0n) is 10.3.